The van der Waals surface area contributed by atoms with Crippen LogP contribution in [0.15, 0.2) is 39.5 Å². The van der Waals surface area contributed by atoms with Crippen molar-refractivity contribution in [2.24, 2.45) is 0 Å². The zero-order valence-corrected chi connectivity index (χ0v) is 16.5. The van der Waals surface area contributed by atoms with Gasteiger partial charge in [-0.1, -0.05) is 33.6 Å². The number of anilines is 1. The lowest BCUT2D eigenvalue weighted by Crippen LogP contribution is -2.19. The summed E-state index contributed by atoms with van der Waals surface area (Å²) in [7, 11) is -3.56. The molecule has 136 valence electrons. The predicted octanol–water partition coefficient (Wildman–Crippen LogP) is 4.88. The molecule has 1 aliphatic carbocycles. The normalized spacial score (nSPS) is 14.7. The van der Waals surface area contributed by atoms with Gasteiger partial charge in [0.15, 0.2) is 17.8 Å². The average Bonchev–Trinajstić information content (AvgIpc) is 3.33. The second-order valence-electron chi connectivity index (χ2n) is 6.17. The Morgan fingerprint density at radius 2 is 2.12 bits per heavy atom. The molecule has 0 radical (unpaired) electrons. The van der Waals surface area contributed by atoms with Crippen molar-refractivity contribution in [1.29, 1.82) is 0 Å². The van der Waals surface area contributed by atoms with Crippen LogP contribution in [0.4, 0.5) is 10.1 Å². The first-order valence-corrected chi connectivity index (χ1v) is 10.6. The second-order valence-corrected chi connectivity index (χ2v) is 9.46. The van der Waals surface area contributed by atoms with E-state index < -0.39 is 21.1 Å². The van der Waals surface area contributed by atoms with Gasteiger partial charge in [-0.2, -0.15) is 0 Å². The van der Waals surface area contributed by atoms with E-state index in [1.165, 1.54) is 6.07 Å². The van der Waals surface area contributed by atoms with Gasteiger partial charge >= 0.3 is 0 Å². The van der Waals surface area contributed by atoms with Gasteiger partial charge in [-0.25, -0.2) is 17.8 Å². The molecule has 0 amide bonds. The molecule has 1 aromatic heterocycles. The third kappa shape index (κ3) is 3.33. The van der Waals surface area contributed by atoms with Gasteiger partial charge in [0.25, 0.3) is 0 Å². The van der Waals surface area contributed by atoms with Crippen molar-refractivity contribution in [3.05, 3.63) is 57.1 Å². The lowest BCUT2D eigenvalue weighted by Gasteiger charge is -2.14. The standard InChI is InChI=1S/C17H13BrClFN2O3S/c18-10-2-1-9(13(19)6-10)5-12-14(22-26(23,24)11-3-4-11)7-15-17(16(12)20)21-8-25-15/h1-2,6-8,11,22H,3-5H2. The first kappa shape index (κ1) is 17.8. The summed E-state index contributed by atoms with van der Waals surface area (Å²) in [5, 5.41) is 0.0233. The summed E-state index contributed by atoms with van der Waals surface area (Å²) in [6, 6.07) is 6.73. The average molecular weight is 460 g/mol. The van der Waals surface area contributed by atoms with Gasteiger partial charge in [0.05, 0.1) is 10.9 Å². The third-order valence-corrected chi connectivity index (χ3v) is 6.96. The minimum Gasteiger partial charge on any atom is -0.443 e. The Morgan fingerprint density at radius 3 is 2.81 bits per heavy atom. The SMILES string of the molecule is O=S(=O)(Nc1cc2ocnc2c(F)c1Cc1ccc(Br)cc1Cl)C1CC1. The molecule has 26 heavy (non-hydrogen) atoms. The number of halogens is 3. The number of fused-ring (bicyclic) bond motifs is 1. The van der Waals surface area contributed by atoms with Crippen LogP contribution in [0.3, 0.4) is 0 Å². The summed E-state index contributed by atoms with van der Waals surface area (Å²) >= 11 is 9.58. The van der Waals surface area contributed by atoms with Crippen LogP contribution in [0.2, 0.25) is 5.02 Å². The molecule has 1 saturated carbocycles. The zero-order chi connectivity index (χ0) is 18.5. The van der Waals surface area contributed by atoms with Crippen LogP contribution in [-0.4, -0.2) is 18.7 Å². The number of hydrogen-bond donors (Lipinski definition) is 1. The summed E-state index contributed by atoms with van der Waals surface area (Å²) in [6.07, 6.45) is 2.46. The Hall–Kier alpha value is -1.64. The van der Waals surface area contributed by atoms with Crippen molar-refractivity contribution in [3.8, 4) is 0 Å². The monoisotopic (exact) mass is 458 g/mol. The largest absolute Gasteiger partial charge is 0.443 e. The van der Waals surface area contributed by atoms with Crippen LogP contribution in [0, 0.1) is 5.82 Å². The van der Waals surface area contributed by atoms with Crippen LogP contribution in [0.25, 0.3) is 11.1 Å². The summed E-state index contributed by atoms with van der Waals surface area (Å²) in [6.45, 7) is 0. The maximum absolute atomic E-state index is 15.0. The third-order valence-electron chi connectivity index (χ3n) is 4.27. The highest BCUT2D eigenvalue weighted by atomic mass is 79.9. The number of benzene rings is 2. The minimum absolute atomic E-state index is 0.0580. The first-order chi connectivity index (χ1) is 12.3. The summed E-state index contributed by atoms with van der Waals surface area (Å²) in [5.41, 5.74) is 1.24. The molecule has 0 bridgehead atoms. The highest BCUT2D eigenvalue weighted by Crippen LogP contribution is 2.35. The van der Waals surface area contributed by atoms with E-state index in [0.29, 0.717) is 23.4 Å². The summed E-state index contributed by atoms with van der Waals surface area (Å²) in [4.78, 5) is 3.88. The molecular weight excluding hydrogens is 447 g/mol. The van der Waals surface area contributed by atoms with E-state index in [4.69, 9.17) is 16.0 Å². The van der Waals surface area contributed by atoms with Crippen molar-refractivity contribution >= 4 is 54.3 Å². The zero-order valence-electron chi connectivity index (χ0n) is 13.3. The molecule has 0 unspecified atom stereocenters. The van der Waals surface area contributed by atoms with Gasteiger partial charge in [0, 0.05) is 27.5 Å². The van der Waals surface area contributed by atoms with Gasteiger partial charge in [0.2, 0.25) is 10.0 Å². The van der Waals surface area contributed by atoms with Gasteiger partial charge in [-0.15, -0.1) is 0 Å². The number of nitrogens with one attached hydrogen (secondary N) is 1. The van der Waals surface area contributed by atoms with Gasteiger partial charge in [0.1, 0.15) is 5.52 Å². The van der Waals surface area contributed by atoms with Crippen LogP contribution in [0.5, 0.6) is 0 Å². The number of hydrogen-bond acceptors (Lipinski definition) is 4. The quantitative estimate of drug-likeness (QED) is 0.590. The molecule has 0 saturated heterocycles. The number of oxazole rings is 1. The molecule has 2 aromatic carbocycles. The molecule has 0 aliphatic heterocycles. The number of rotatable bonds is 5. The van der Waals surface area contributed by atoms with E-state index in [9.17, 15) is 8.42 Å². The fourth-order valence-electron chi connectivity index (χ4n) is 2.74. The van der Waals surface area contributed by atoms with E-state index in [1.54, 1.807) is 18.2 Å². The van der Waals surface area contributed by atoms with Crippen LogP contribution < -0.4 is 4.72 Å². The van der Waals surface area contributed by atoms with Gasteiger partial charge < -0.3 is 4.42 Å². The van der Waals surface area contributed by atoms with E-state index in [0.717, 1.165) is 10.9 Å². The summed E-state index contributed by atoms with van der Waals surface area (Å²) < 4.78 is 48.2. The fraction of sp³-hybridized carbons (Fsp3) is 0.235. The van der Waals surface area contributed by atoms with Crippen molar-refractivity contribution in [1.82, 2.24) is 4.98 Å². The van der Waals surface area contributed by atoms with E-state index in [-0.39, 0.29) is 28.8 Å². The Labute approximate surface area is 162 Å². The first-order valence-electron chi connectivity index (χ1n) is 7.85. The molecule has 9 heteroatoms. The van der Waals surface area contributed by atoms with Crippen LogP contribution in [0.1, 0.15) is 24.0 Å². The predicted molar refractivity (Wildman–Crippen MR) is 101 cm³/mol. The van der Waals surface area contributed by atoms with E-state index in [2.05, 4.69) is 25.6 Å². The topological polar surface area (TPSA) is 72.2 Å². The molecule has 1 N–H and O–H groups in total. The maximum Gasteiger partial charge on any atom is 0.235 e. The smallest absolute Gasteiger partial charge is 0.235 e. The molecule has 4 rings (SSSR count). The molecule has 5 nitrogen and oxygen atoms in total. The molecular formula is C17H13BrClFN2O3S. The Kier molecular flexibility index (Phi) is 4.45. The molecule has 1 fully saturated rings. The molecule has 1 aliphatic rings. The van der Waals surface area contributed by atoms with Crippen LogP contribution >= 0.6 is 27.5 Å². The van der Waals surface area contributed by atoms with Gasteiger partial charge in [-0.3, -0.25) is 4.72 Å². The van der Waals surface area contributed by atoms with Gasteiger partial charge in [-0.05, 0) is 30.5 Å². The van der Waals surface area contributed by atoms with Crippen molar-refractivity contribution in [3.63, 3.8) is 0 Å². The maximum atomic E-state index is 15.0. The van der Waals surface area contributed by atoms with Crippen molar-refractivity contribution < 1.29 is 17.2 Å². The molecule has 0 atom stereocenters. The van der Waals surface area contributed by atoms with E-state index in [1.807, 2.05) is 0 Å². The molecule has 1 heterocycles. The molecule has 0 spiro atoms. The van der Waals surface area contributed by atoms with E-state index >= 15 is 4.39 Å². The highest BCUT2D eigenvalue weighted by Gasteiger charge is 2.36. The Morgan fingerprint density at radius 1 is 1.35 bits per heavy atom. The number of sulfonamides is 1. The Balaban J connectivity index is 1.82. The number of nitrogens with zero attached hydrogens (tertiary/aromatic N) is 1. The van der Waals surface area contributed by atoms with Crippen molar-refractivity contribution in [2.45, 2.75) is 24.5 Å². The lowest BCUT2D eigenvalue weighted by molar-refractivity contribution is 0.598. The number of aromatic nitrogens is 1. The molecule has 3 aromatic rings. The van der Waals surface area contributed by atoms with Crippen LogP contribution in [-0.2, 0) is 16.4 Å². The van der Waals surface area contributed by atoms with Crippen molar-refractivity contribution in [2.75, 3.05) is 4.72 Å². The second kappa shape index (κ2) is 6.51. The Bertz CT molecular complexity index is 1110. The fourth-order valence-corrected chi connectivity index (χ4v) is 4.89. The minimum atomic E-state index is -3.56. The lowest BCUT2D eigenvalue weighted by atomic mass is 10.0. The summed E-state index contributed by atoms with van der Waals surface area (Å²) in [5.74, 6) is -0.622. The highest BCUT2D eigenvalue weighted by molar-refractivity contribution is 9.10.